The zero-order chi connectivity index (χ0) is 15.9. The first-order chi connectivity index (χ1) is 11.3. The molecule has 0 fully saturated rings. The van der Waals surface area contributed by atoms with Crippen LogP contribution >= 0.6 is 0 Å². The molecule has 0 amide bonds. The van der Waals surface area contributed by atoms with E-state index in [1.807, 2.05) is 30.3 Å². The molecule has 0 spiro atoms. The second-order valence-corrected chi connectivity index (χ2v) is 5.40. The van der Waals surface area contributed by atoms with Crippen molar-refractivity contribution in [3.05, 3.63) is 95.8 Å². The molecular formula is C21H20NO+. The fraction of sp³-hybridized carbons (Fsp3) is 0.0952. The van der Waals surface area contributed by atoms with Gasteiger partial charge in [-0.05, 0) is 23.3 Å². The van der Waals surface area contributed by atoms with Crippen molar-refractivity contribution >= 4 is 12.2 Å². The van der Waals surface area contributed by atoms with Crippen molar-refractivity contribution in [3.8, 4) is 5.75 Å². The van der Waals surface area contributed by atoms with Crippen molar-refractivity contribution < 1.29 is 9.30 Å². The van der Waals surface area contributed by atoms with E-state index in [4.69, 9.17) is 4.74 Å². The third-order valence-electron chi connectivity index (χ3n) is 3.71. The van der Waals surface area contributed by atoms with Crippen LogP contribution in [-0.2, 0) is 6.54 Å². The van der Waals surface area contributed by atoms with Gasteiger partial charge in [0.25, 0.3) is 0 Å². The Kier molecular flexibility index (Phi) is 4.85. The van der Waals surface area contributed by atoms with Crippen molar-refractivity contribution in [1.29, 1.82) is 0 Å². The molecule has 23 heavy (non-hydrogen) atoms. The Hall–Kier alpha value is -2.87. The molecule has 1 heterocycles. The highest BCUT2D eigenvalue weighted by atomic mass is 16.5. The summed E-state index contributed by atoms with van der Waals surface area (Å²) in [6.07, 6.45) is 8.45. The molecule has 0 atom stereocenters. The molecule has 1 aromatic heterocycles. The fourth-order valence-corrected chi connectivity index (χ4v) is 2.39. The van der Waals surface area contributed by atoms with Crippen molar-refractivity contribution in [3.63, 3.8) is 0 Å². The van der Waals surface area contributed by atoms with E-state index >= 15 is 0 Å². The second-order valence-electron chi connectivity index (χ2n) is 5.40. The van der Waals surface area contributed by atoms with Gasteiger partial charge in [0.1, 0.15) is 5.75 Å². The predicted octanol–water partition coefficient (Wildman–Crippen LogP) is 4.20. The summed E-state index contributed by atoms with van der Waals surface area (Å²) in [6, 6.07) is 22.8. The van der Waals surface area contributed by atoms with Gasteiger partial charge in [0, 0.05) is 17.7 Å². The minimum Gasteiger partial charge on any atom is -0.497 e. The van der Waals surface area contributed by atoms with Gasteiger partial charge in [-0.25, -0.2) is 4.57 Å². The maximum Gasteiger partial charge on any atom is 0.173 e. The van der Waals surface area contributed by atoms with Gasteiger partial charge in [0.15, 0.2) is 18.9 Å². The summed E-state index contributed by atoms with van der Waals surface area (Å²) in [5.41, 5.74) is 3.65. The Balaban J connectivity index is 1.65. The van der Waals surface area contributed by atoms with Gasteiger partial charge >= 0.3 is 0 Å². The molecule has 0 bridgehead atoms. The molecule has 3 aromatic rings. The minimum atomic E-state index is 0.879. The van der Waals surface area contributed by atoms with E-state index < -0.39 is 0 Å². The molecule has 0 aliphatic heterocycles. The molecule has 0 radical (unpaired) electrons. The summed E-state index contributed by atoms with van der Waals surface area (Å²) in [5, 5.41) is 0. The minimum absolute atomic E-state index is 0.879. The molecule has 2 nitrogen and oxygen atoms in total. The first kappa shape index (κ1) is 15.0. The van der Waals surface area contributed by atoms with Crippen molar-refractivity contribution in [2.24, 2.45) is 0 Å². The highest BCUT2D eigenvalue weighted by Crippen LogP contribution is 2.13. The Morgan fingerprint density at radius 1 is 0.783 bits per heavy atom. The number of ether oxygens (including phenoxy) is 1. The normalized spacial score (nSPS) is 10.8. The van der Waals surface area contributed by atoms with Gasteiger partial charge in [-0.2, -0.15) is 0 Å². The Morgan fingerprint density at radius 3 is 2.00 bits per heavy atom. The van der Waals surface area contributed by atoms with Gasteiger partial charge in [0.05, 0.1) is 7.11 Å². The molecule has 2 aromatic carbocycles. The number of hydrogen-bond donors (Lipinski definition) is 0. The van der Waals surface area contributed by atoms with E-state index in [1.165, 1.54) is 11.1 Å². The van der Waals surface area contributed by atoms with Gasteiger partial charge in [0.2, 0.25) is 0 Å². The predicted molar refractivity (Wildman–Crippen MR) is 94.1 cm³/mol. The van der Waals surface area contributed by atoms with E-state index in [0.717, 1.165) is 17.9 Å². The molecule has 0 N–H and O–H groups in total. The van der Waals surface area contributed by atoms with Gasteiger partial charge < -0.3 is 4.74 Å². The third-order valence-corrected chi connectivity index (χ3v) is 3.71. The maximum atomic E-state index is 5.17. The molecule has 3 rings (SSSR count). The average Bonchev–Trinajstić information content (AvgIpc) is 2.62. The number of methoxy groups -OCH3 is 1. The zero-order valence-corrected chi connectivity index (χ0v) is 13.2. The Labute approximate surface area is 137 Å². The first-order valence-electron chi connectivity index (χ1n) is 7.69. The van der Waals surface area contributed by atoms with Gasteiger partial charge in [-0.1, -0.05) is 54.6 Å². The zero-order valence-electron chi connectivity index (χ0n) is 13.2. The third kappa shape index (κ3) is 4.30. The Bertz CT molecular complexity index is 759. The number of rotatable bonds is 5. The van der Waals surface area contributed by atoms with Crippen LogP contribution in [0, 0.1) is 0 Å². The highest BCUT2D eigenvalue weighted by Gasteiger charge is 2.01. The number of pyridine rings is 1. The lowest BCUT2D eigenvalue weighted by atomic mass is 10.1. The standard InChI is InChI=1S/C21H20NO/c1-23-21-11-9-18(10-12-21)7-8-19-13-15-22(16-14-19)17-20-5-3-2-4-6-20/h2-16H,17H2,1H3/q+1. The molecule has 0 saturated carbocycles. The Morgan fingerprint density at radius 2 is 1.39 bits per heavy atom. The quantitative estimate of drug-likeness (QED) is 0.644. The van der Waals surface area contributed by atoms with Crippen LogP contribution in [0.4, 0.5) is 0 Å². The number of benzene rings is 2. The summed E-state index contributed by atoms with van der Waals surface area (Å²) in [6.45, 7) is 0.892. The molecule has 0 unspecified atom stereocenters. The summed E-state index contributed by atoms with van der Waals surface area (Å²) < 4.78 is 7.35. The lowest BCUT2D eigenvalue weighted by Crippen LogP contribution is -2.32. The molecule has 114 valence electrons. The van der Waals surface area contributed by atoms with E-state index in [9.17, 15) is 0 Å². The smallest absolute Gasteiger partial charge is 0.173 e. The monoisotopic (exact) mass is 302 g/mol. The number of hydrogen-bond acceptors (Lipinski definition) is 1. The SMILES string of the molecule is COc1ccc(C=Cc2cc[n+](Cc3ccccc3)cc2)cc1. The molecular weight excluding hydrogens is 282 g/mol. The summed E-state index contributed by atoms with van der Waals surface area (Å²) in [4.78, 5) is 0. The molecule has 0 aliphatic carbocycles. The van der Waals surface area contributed by atoms with Crippen molar-refractivity contribution in [2.45, 2.75) is 6.54 Å². The van der Waals surface area contributed by atoms with Crippen LogP contribution in [0.25, 0.3) is 12.2 Å². The van der Waals surface area contributed by atoms with Crippen LogP contribution < -0.4 is 9.30 Å². The number of nitrogens with zero attached hydrogens (tertiary/aromatic N) is 1. The fourth-order valence-electron chi connectivity index (χ4n) is 2.39. The van der Waals surface area contributed by atoms with Gasteiger partial charge in [-0.3, -0.25) is 0 Å². The van der Waals surface area contributed by atoms with Crippen LogP contribution in [0.5, 0.6) is 5.75 Å². The molecule has 0 aliphatic rings. The largest absolute Gasteiger partial charge is 0.497 e. The topological polar surface area (TPSA) is 13.1 Å². The van der Waals surface area contributed by atoms with Gasteiger partial charge in [-0.15, -0.1) is 0 Å². The summed E-state index contributed by atoms with van der Waals surface area (Å²) >= 11 is 0. The van der Waals surface area contributed by atoms with Crippen LogP contribution in [0.2, 0.25) is 0 Å². The van der Waals surface area contributed by atoms with Crippen LogP contribution in [0.1, 0.15) is 16.7 Å². The number of aromatic nitrogens is 1. The lowest BCUT2D eigenvalue weighted by molar-refractivity contribution is -0.688. The van der Waals surface area contributed by atoms with E-state index in [1.54, 1.807) is 7.11 Å². The average molecular weight is 302 g/mol. The van der Waals surface area contributed by atoms with Crippen LogP contribution in [0.15, 0.2) is 79.1 Å². The summed E-state index contributed by atoms with van der Waals surface area (Å²) in [5.74, 6) is 0.879. The summed E-state index contributed by atoms with van der Waals surface area (Å²) in [7, 11) is 1.68. The van der Waals surface area contributed by atoms with Crippen molar-refractivity contribution in [2.75, 3.05) is 7.11 Å². The lowest BCUT2D eigenvalue weighted by Gasteiger charge is -2.00. The van der Waals surface area contributed by atoms with Crippen LogP contribution in [-0.4, -0.2) is 7.11 Å². The first-order valence-corrected chi connectivity index (χ1v) is 7.69. The van der Waals surface area contributed by atoms with E-state index in [-0.39, 0.29) is 0 Å². The van der Waals surface area contributed by atoms with Crippen molar-refractivity contribution in [1.82, 2.24) is 0 Å². The van der Waals surface area contributed by atoms with E-state index in [2.05, 4.69) is 65.5 Å². The van der Waals surface area contributed by atoms with Crippen LogP contribution in [0.3, 0.4) is 0 Å². The highest BCUT2D eigenvalue weighted by molar-refractivity contribution is 5.69. The molecule has 2 heteroatoms. The second kappa shape index (κ2) is 7.41. The van der Waals surface area contributed by atoms with E-state index in [0.29, 0.717) is 0 Å². The maximum absolute atomic E-state index is 5.17. The molecule has 0 saturated heterocycles.